The van der Waals surface area contributed by atoms with E-state index >= 15 is 0 Å². The Labute approximate surface area is 129 Å². The van der Waals surface area contributed by atoms with E-state index in [0.29, 0.717) is 0 Å². The second-order valence-electron chi connectivity index (χ2n) is 5.66. The lowest BCUT2D eigenvalue weighted by Gasteiger charge is -2.22. The first-order valence-electron chi connectivity index (χ1n) is 6.48. The van der Waals surface area contributed by atoms with Gasteiger partial charge in [0.1, 0.15) is 5.69 Å². The Morgan fingerprint density at radius 2 is 1.86 bits per heavy atom. The van der Waals surface area contributed by atoms with Crippen molar-refractivity contribution in [2.45, 2.75) is 44.9 Å². The van der Waals surface area contributed by atoms with Crippen LogP contribution >= 0.6 is 0 Å². The summed E-state index contributed by atoms with van der Waals surface area (Å²) in [6.07, 6.45) is -4.20. The summed E-state index contributed by atoms with van der Waals surface area (Å²) in [6.45, 7) is 6.92. The van der Waals surface area contributed by atoms with Gasteiger partial charge < -0.3 is 5.11 Å². The molecule has 1 unspecified atom stereocenters. The maximum atomic E-state index is 12.9. The van der Waals surface area contributed by atoms with E-state index in [1.807, 2.05) is 5.32 Å². The molecule has 0 aliphatic carbocycles. The van der Waals surface area contributed by atoms with E-state index in [-0.39, 0.29) is 11.4 Å². The van der Waals surface area contributed by atoms with Crippen LogP contribution in [0.2, 0.25) is 0 Å². The largest absolute Gasteiger partial charge is 0.465 e. The molecule has 0 saturated heterocycles. The van der Waals surface area contributed by atoms with E-state index in [0.717, 1.165) is 6.07 Å². The third-order valence-electron chi connectivity index (χ3n) is 2.62. The van der Waals surface area contributed by atoms with Crippen LogP contribution in [0.15, 0.2) is 12.1 Å². The van der Waals surface area contributed by atoms with Gasteiger partial charge in [0.15, 0.2) is 0 Å². The molecule has 0 radical (unpaired) electrons. The van der Waals surface area contributed by atoms with E-state index < -0.39 is 40.0 Å². The van der Waals surface area contributed by atoms with Gasteiger partial charge in [0, 0.05) is 5.69 Å². The van der Waals surface area contributed by atoms with Gasteiger partial charge in [0.05, 0.1) is 27.5 Å². The van der Waals surface area contributed by atoms with Crippen LogP contribution in [0.4, 0.5) is 19.3 Å². The van der Waals surface area contributed by atoms with Gasteiger partial charge in [0.2, 0.25) is 0 Å². The van der Waals surface area contributed by atoms with Crippen LogP contribution in [-0.4, -0.2) is 25.1 Å². The van der Waals surface area contributed by atoms with Crippen molar-refractivity contribution in [1.29, 1.82) is 0 Å². The maximum Gasteiger partial charge on any atom is 0.409 e. The molecule has 124 valence electrons. The minimum atomic E-state index is -2.84. The van der Waals surface area contributed by atoms with Crippen molar-refractivity contribution in [3.8, 4) is 0 Å². The molecule has 22 heavy (non-hydrogen) atoms. The lowest BCUT2D eigenvalue weighted by Crippen LogP contribution is -2.35. The maximum absolute atomic E-state index is 12.9. The average molecular weight is 335 g/mol. The molecule has 1 rings (SSSR count). The number of rotatable bonds is 5. The Bertz CT molecular complexity index is 576. The first-order valence-corrected chi connectivity index (χ1v) is 7.63. The highest BCUT2D eigenvalue weighted by atomic mass is 32.2. The highest BCUT2D eigenvalue weighted by molar-refractivity contribution is 7.84. The van der Waals surface area contributed by atoms with Gasteiger partial charge in [-0.1, -0.05) is 0 Å². The molecule has 6 nitrogen and oxygen atoms in total. The van der Waals surface area contributed by atoms with Crippen molar-refractivity contribution in [2.75, 3.05) is 5.32 Å². The molecule has 0 bridgehead atoms. The molecule has 1 amide bonds. The van der Waals surface area contributed by atoms with Gasteiger partial charge in [-0.3, -0.25) is 10.3 Å². The van der Waals surface area contributed by atoms with Crippen molar-refractivity contribution < 1.29 is 22.9 Å². The predicted octanol–water partition coefficient (Wildman–Crippen LogP) is 3.22. The van der Waals surface area contributed by atoms with Gasteiger partial charge in [0.25, 0.3) is 6.43 Å². The topological polar surface area (TPSA) is 91.3 Å². The second-order valence-corrected chi connectivity index (χ2v) is 7.65. The smallest absolute Gasteiger partial charge is 0.409 e. The summed E-state index contributed by atoms with van der Waals surface area (Å²) >= 11 is 0. The number of pyridine rings is 1. The molecule has 3 N–H and O–H groups in total. The fourth-order valence-electron chi connectivity index (χ4n) is 1.50. The standard InChI is InChI=1S/C13H19F2N3O3S/c1-7(18-22(21)13(2,3)4)9-5-8(16-12(19)20)6-10(17-9)11(14)15/h5-7,11,18H,1-4H3,(H,16,17)(H,19,20)/t7-,22?/m1/s1. The fraction of sp³-hybridized carbons (Fsp3) is 0.538. The van der Waals surface area contributed by atoms with Crippen LogP contribution in [0.3, 0.4) is 0 Å². The summed E-state index contributed by atoms with van der Waals surface area (Å²) in [4.78, 5) is 14.5. The first-order chi connectivity index (χ1) is 10.0. The van der Waals surface area contributed by atoms with Crippen LogP contribution < -0.4 is 10.0 Å². The molecule has 2 atom stereocenters. The zero-order valence-corrected chi connectivity index (χ0v) is 13.5. The molecule has 9 heteroatoms. The fourth-order valence-corrected chi connectivity index (χ4v) is 2.30. The lowest BCUT2D eigenvalue weighted by atomic mass is 10.2. The van der Waals surface area contributed by atoms with Gasteiger partial charge in [-0.25, -0.2) is 22.5 Å². The van der Waals surface area contributed by atoms with Gasteiger partial charge in [-0.2, -0.15) is 0 Å². The summed E-state index contributed by atoms with van der Waals surface area (Å²) in [7, 11) is -1.42. The van der Waals surface area contributed by atoms with Crippen LogP contribution in [0.1, 0.15) is 51.6 Å². The molecular formula is C13H19F2N3O3S. The van der Waals surface area contributed by atoms with Crippen molar-refractivity contribution in [3.63, 3.8) is 0 Å². The number of aromatic nitrogens is 1. The van der Waals surface area contributed by atoms with E-state index in [9.17, 15) is 17.8 Å². The number of nitrogens with zero attached hydrogens (tertiary/aromatic N) is 1. The molecule has 0 aliphatic heterocycles. The van der Waals surface area contributed by atoms with Crippen molar-refractivity contribution in [2.24, 2.45) is 0 Å². The summed E-state index contributed by atoms with van der Waals surface area (Å²) in [5.74, 6) is 0. The van der Waals surface area contributed by atoms with Crippen LogP contribution in [0, 0.1) is 0 Å². The Balaban J connectivity index is 3.08. The minimum Gasteiger partial charge on any atom is -0.465 e. The number of carbonyl (C=O) groups is 1. The van der Waals surface area contributed by atoms with Gasteiger partial charge >= 0.3 is 6.09 Å². The molecule has 1 aromatic rings. The molecule has 0 spiro atoms. The van der Waals surface area contributed by atoms with Gasteiger partial charge in [-0.15, -0.1) is 0 Å². The average Bonchev–Trinajstić information content (AvgIpc) is 2.36. The predicted molar refractivity (Wildman–Crippen MR) is 80.3 cm³/mol. The second kappa shape index (κ2) is 7.10. The lowest BCUT2D eigenvalue weighted by molar-refractivity contribution is 0.145. The molecule has 0 aliphatic rings. The molecule has 1 heterocycles. The SMILES string of the molecule is C[C@@H](NS(=O)C(C)(C)C)c1cc(NC(=O)O)cc(C(F)F)n1. The van der Waals surface area contributed by atoms with E-state index in [1.54, 1.807) is 27.7 Å². The number of carboxylic acid groups (broad SMARTS) is 1. The zero-order valence-electron chi connectivity index (χ0n) is 12.7. The normalized spacial score (nSPS) is 14.7. The van der Waals surface area contributed by atoms with Crippen molar-refractivity contribution >= 4 is 22.8 Å². The third-order valence-corrected chi connectivity index (χ3v) is 4.30. The number of halogens is 2. The molecule has 1 aromatic heterocycles. The minimum absolute atomic E-state index is 0.0111. The Kier molecular flexibility index (Phi) is 5.95. The Morgan fingerprint density at radius 3 is 2.32 bits per heavy atom. The van der Waals surface area contributed by atoms with Crippen molar-refractivity contribution in [1.82, 2.24) is 9.71 Å². The number of alkyl halides is 2. The monoisotopic (exact) mass is 335 g/mol. The quantitative estimate of drug-likeness (QED) is 0.770. The molecule has 0 aromatic carbocycles. The number of anilines is 1. The highest BCUT2D eigenvalue weighted by Crippen LogP contribution is 2.24. The number of amides is 1. The summed E-state index contributed by atoms with van der Waals surface area (Å²) in [5, 5.41) is 10.7. The summed E-state index contributed by atoms with van der Waals surface area (Å²) in [6, 6.07) is 1.71. The molecular weight excluding hydrogens is 316 g/mol. The number of nitrogens with one attached hydrogen (secondary N) is 2. The molecule has 0 saturated carbocycles. The van der Waals surface area contributed by atoms with Crippen molar-refractivity contribution in [3.05, 3.63) is 23.5 Å². The first kappa shape index (κ1) is 18.4. The third kappa shape index (κ3) is 5.30. The Hall–Kier alpha value is -1.61. The van der Waals surface area contributed by atoms with Gasteiger partial charge in [-0.05, 0) is 39.8 Å². The van der Waals surface area contributed by atoms with E-state index in [1.165, 1.54) is 6.07 Å². The van der Waals surface area contributed by atoms with Crippen LogP contribution in [0.25, 0.3) is 0 Å². The zero-order chi connectivity index (χ0) is 17.1. The Morgan fingerprint density at radius 1 is 1.32 bits per heavy atom. The van der Waals surface area contributed by atoms with E-state index in [2.05, 4.69) is 9.71 Å². The number of hydrogen-bond acceptors (Lipinski definition) is 3. The summed E-state index contributed by atoms with van der Waals surface area (Å²) in [5.41, 5.74) is -0.376. The van der Waals surface area contributed by atoms with E-state index in [4.69, 9.17) is 5.11 Å². The molecule has 0 fully saturated rings. The van der Waals surface area contributed by atoms with Crippen LogP contribution in [0.5, 0.6) is 0 Å². The number of hydrogen-bond donors (Lipinski definition) is 3. The summed E-state index contributed by atoms with van der Waals surface area (Å²) < 4.78 is 40.0. The highest BCUT2D eigenvalue weighted by Gasteiger charge is 2.23. The van der Waals surface area contributed by atoms with Crippen LogP contribution in [-0.2, 0) is 11.0 Å².